The van der Waals surface area contributed by atoms with E-state index < -0.39 is 91.0 Å². The number of carbonyl (C=O) groups is 2. The molecule has 3 aromatic carbocycles. The van der Waals surface area contributed by atoms with Crippen LogP contribution in [-0.2, 0) is 35.8 Å². The topological polar surface area (TPSA) is 148 Å². The van der Waals surface area contributed by atoms with E-state index in [9.17, 15) is 57.2 Å². The average molecular weight is 756 g/mol. The van der Waals surface area contributed by atoms with Crippen LogP contribution in [0.15, 0.2) is 70.5 Å². The van der Waals surface area contributed by atoms with Gasteiger partial charge in [0.1, 0.15) is 17.7 Å². The molecular formula is C30H28F7N3O8S2. The second kappa shape index (κ2) is 13.6. The second-order valence-electron chi connectivity index (χ2n) is 11.5. The summed E-state index contributed by atoms with van der Waals surface area (Å²) in [5.74, 6) is -3.01. The maximum Gasteiger partial charge on any atom is 0.427 e. The highest BCUT2D eigenvalue weighted by molar-refractivity contribution is 7.92. The van der Waals surface area contributed by atoms with Crippen LogP contribution in [0.25, 0.3) is 0 Å². The van der Waals surface area contributed by atoms with Gasteiger partial charge in [-0.15, -0.1) is 0 Å². The third-order valence-corrected chi connectivity index (χ3v) is 10.4. The molecule has 4 rings (SSSR count). The lowest BCUT2D eigenvalue weighted by Gasteiger charge is -2.36. The zero-order chi connectivity index (χ0) is 37.4. The summed E-state index contributed by atoms with van der Waals surface area (Å²) in [5.41, 5.74) is -4.78. The first-order valence-electron chi connectivity index (χ1n) is 14.3. The van der Waals surface area contributed by atoms with Crippen molar-refractivity contribution in [1.29, 1.82) is 0 Å². The van der Waals surface area contributed by atoms with E-state index in [-0.39, 0.29) is 28.8 Å². The van der Waals surface area contributed by atoms with Gasteiger partial charge in [0.15, 0.2) is 0 Å². The summed E-state index contributed by atoms with van der Waals surface area (Å²) >= 11 is 0. The Balaban J connectivity index is 1.64. The standard InChI is InChI=1S/C30H28F7N3O8S2/c1-17-4-8-20(9-5-17)49(43,44)39-26(41)13-7-19-16-40(50(45,46)21-10-11-23(31)22(15-21)29(32,33)34)24-14-18(6-12-25(24)47-19)38-27(42)48-28(2,3)30(35,36)37/h4-6,8-12,14-15,19H,7,13,16H2,1-3H3,(H,38,42)(H,39,41)/t19-/m1/s1. The molecule has 0 aromatic heterocycles. The average Bonchev–Trinajstić information content (AvgIpc) is 2.98. The second-order valence-corrected chi connectivity index (χ2v) is 15.0. The number of rotatable bonds is 9. The minimum atomic E-state index is -5.28. The molecule has 0 unspecified atom stereocenters. The molecule has 1 heterocycles. The van der Waals surface area contributed by atoms with Gasteiger partial charge in [0.2, 0.25) is 11.5 Å². The minimum absolute atomic E-state index is 0.0663. The van der Waals surface area contributed by atoms with Crippen molar-refractivity contribution in [3.05, 3.63) is 77.6 Å². The maximum atomic E-state index is 14.0. The molecule has 0 saturated carbocycles. The number of fused-ring (bicyclic) bond motifs is 1. The SMILES string of the molecule is Cc1ccc(S(=O)(=O)NC(=O)CC[C@@H]2CN(S(=O)(=O)c3ccc(F)c(C(F)(F)F)c3)c3cc(NC(=O)OC(C)(C)C(F)(F)F)ccc3O2)cc1. The Kier molecular flexibility index (Phi) is 10.4. The number of aryl methyl sites for hydroxylation is 1. The molecule has 20 heteroatoms. The van der Waals surface area contributed by atoms with Crippen molar-refractivity contribution in [3.63, 3.8) is 0 Å². The van der Waals surface area contributed by atoms with Crippen LogP contribution in [0, 0.1) is 12.7 Å². The molecule has 50 heavy (non-hydrogen) atoms. The van der Waals surface area contributed by atoms with Crippen LogP contribution in [-0.4, -0.2) is 53.3 Å². The quantitative estimate of drug-likeness (QED) is 0.243. The first-order valence-corrected chi connectivity index (χ1v) is 17.2. The fraction of sp³-hybridized carbons (Fsp3) is 0.333. The minimum Gasteiger partial charge on any atom is -0.486 e. The van der Waals surface area contributed by atoms with Gasteiger partial charge in [-0.1, -0.05) is 17.7 Å². The third-order valence-electron chi connectivity index (χ3n) is 7.27. The summed E-state index contributed by atoms with van der Waals surface area (Å²) in [6.45, 7) is 2.19. The van der Waals surface area contributed by atoms with Gasteiger partial charge in [0.25, 0.3) is 20.0 Å². The number of alkyl halides is 6. The molecule has 0 bridgehead atoms. The van der Waals surface area contributed by atoms with Crippen LogP contribution < -0.4 is 19.1 Å². The van der Waals surface area contributed by atoms with Crippen molar-refractivity contribution >= 4 is 43.4 Å². The van der Waals surface area contributed by atoms with Gasteiger partial charge in [0.05, 0.1) is 27.6 Å². The maximum absolute atomic E-state index is 14.0. The smallest absolute Gasteiger partial charge is 0.427 e. The number of anilines is 2. The van der Waals surface area contributed by atoms with Crippen LogP contribution in [0.5, 0.6) is 5.75 Å². The summed E-state index contributed by atoms with van der Waals surface area (Å²) < 4.78 is 160. The van der Waals surface area contributed by atoms with Gasteiger partial charge in [-0.2, -0.15) is 26.3 Å². The van der Waals surface area contributed by atoms with Gasteiger partial charge in [-0.3, -0.25) is 14.4 Å². The van der Waals surface area contributed by atoms with Gasteiger partial charge < -0.3 is 9.47 Å². The van der Waals surface area contributed by atoms with E-state index in [1.165, 1.54) is 24.3 Å². The van der Waals surface area contributed by atoms with Crippen LogP contribution in [0.3, 0.4) is 0 Å². The van der Waals surface area contributed by atoms with Crippen molar-refractivity contribution in [1.82, 2.24) is 4.72 Å². The molecule has 0 saturated heterocycles. The van der Waals surface area contributed by atoms with Crippen molar-refractivity contribution in [2.75, 3.05) is 16.2 Å². The Labute approximate surface area is 281 Å². The number of ether oxygens (including phenoxy) is 2. The number of nitrogens with one attached hydrogen (secondary N) is 2. The number of benzene rings is 3. The fourth-order valence-corrected chi connectivity index (χ4v) is 7.02. The van der Waals surface area contributed by atoms with Crippen LogP contribution in [0.4, 0.5) is 46.9 Å². The highest BCUT2D eigenvalue weighted by Crippen LogP contribution is 2.41. The Morgan fingerprint density at radius 3 is 2.14 bits per heavy atom. The molecule has 0 fully saturated rings. The molecule has 11 nitrogen and oxygen atoms in total. The lowest BCUT2D eigenvalue weighted by molar-refractivity contribution is -0.242. The third kappa shape index (κ3) is 8.58. The summed E-state index contributed by atoms with van der Waals surface area (Å²) in [7, 11) is -9.29. The largest absolute Gasteiger partial charge is 0.486 e. The zero-order valence-corrected chi connectivity index (χ0v) is 27.8. The van der Waals surface area contributed by atoms with Crippen LogP contribution >= 0.6 is 0 Å². The molecule has 2 N–H and O–H groups in total. The summed E-state index contributed by atoms with van der Waals surface area (Å²) in [4.78, 5) is 23.7. The van der Waals surface area contributed by atoms with E-state index in [1.807, 2.05) is 10.0 Å². The Hall–Kier alpha value is -4.59. The lowest BCUT2D eigenvalue weighted by atomic mass is 10.1. The molecule has 1 aliphatic rings. The van der Waals surface area contributed by atoms with Crippen molar-refractivity contribution in [2.45, 2.75) is 67.5 Å². The number of hydrogen-bond acceptors (Lipinski definition) is 8. The first-order chi connectivity index (χ1) is 22.9. The predicted molar refractivity (Wildman–Crippen MR) is 163 cm³/mol. The monoisotopic (exact) mass is 755 g/mol. The number of nitrogens with zero attached hydrogens (tertiary/aromatic N) is 1. The van der Waals surface area contributed by atoms with E-state index >= 15 is 0 Å². The molecule has 272 valence electrons. The van der Waals surface area contributed by atoms with Crippen molar-refractivity contribution in [3.8, 4) is 5.75 Å². The molecule has 0 aliphatic carbocycles. The number of hydrogen-bond donors (Lipinski definition) is 2. The molecule has 0 radical (unpaired) electrons. The first kappa shape index (κ1) is 38.2. The summed E-state index contributed by atoms with van der Waals surface area (Å²) in [5, 5.41) is 2.01. The van der Waals surface area contributed by atoms with E-state index in [1.54, 1.807) is 6.92 Å². The molecule has 1 atom stereocenters. The Morgan fingerprint density at radius 2 is 1.54 bits per heavy atom. The molecule has 0 spiro atoms. The lowest BCUT2D eigenvalue weighted by Crippen LogP contribution is -2.44. The fourth-order valence-electron chi connectivity index (χ4n) is 4.48. The zero-order valence-electron chi connectivity index (χ0n) is 26.1. The van der Waals surface area contributed by atoms with Gasteiger partial charge in [-0.25, -0.2) is 30.7 Å². The Bertz CT molecular complexity index is 2000. The van der Waals surface area contributed by atoms with Gasteiger partial charge in [-0.05, 0) is 75.7 Å². The Morgan fingerprint density at radius 1 is 0.920 bits per heavy atom. The van der Waals surface area contributed by atoms with Gasteiger partial charge in [0, 0.05) is 12.1 Å². The summed E-state index contributed by atoms with van der Waals surface area (Å²) in [6, 6.07) is 9.60. The number of sulfonamides is 2. The number of amides is 2. The summed E-state index contributed by atoms with van der Waals surface area (Å²) in [6.07, 6.45) is -13.9. The molecule has 2 amide bonds. The van der Waals surface area contributed by atoms with Crippen LogP contribution in [0.2, 0.25) is 0 Å². The van der Waals surface area contributed by atoms with Crippen LogP contribution in [0.1, 0.15) is 37.8 Å². The van der Waals surface area contributed by atoms with E-state index in [4.69, 9.17) is 4.74 Å². The van der Waals surface area contributed by atoms with Crippen molar-refractivity contribution in [2.24, 2.45) is 0 Å². The molecule has 3 aromatic rings. The van der Waals surface area contributed by atoms with E-state index in [0.717, 1.165) is 23.8 Å². The normalized spacial score (nSPS) is 15.5. The van der Waals surface area contributed by atoms with Crippen molar-refractivity contribution < 1.29 is 66.6 Å². The predicted octanol–water partition coefficient (Wildman–Crippen LogP) is 6.28. The van der Waals surface area contributed by atoms with E-state index in [0.29, 0.717) is 30.3 Å². The number of carbonyl (C=O) groups excluding carboxylic acids is 2. The number of halogens is 7. The highest BCUT2D eigenvalue weighted by Gasteiger charge is 2.51. The highest BCUT2D eigenvalue weighted by atomic mass is 32.2. The molecule has 1 aliphatic heterocycles. The van der Waals surface area contributed by atoms with Gasteiger partial charge >= 0.3 is 18.4 Å². The van der Waals surface area contributed by atoms with E-state index in [2.05, 4.69) is 4.74 Å². The molecular weight excluding hydrogens is 727 g/mol.